The van der Waals surface area contributed by atoms with Crippen molar-refractivity contribution in [2.45, 2.75) is 25.8 Å². The first-order chi connectivity index (χ1) is 9.92. The lowest BCUT2D eigenvalue weighted by Gasteiger charge is -2.13. The van der Waals surface area contributed by atoms with Gasteiger partial charge in [0.05, 0.1) is 19.4 Å². The third kappa shape index (κ3) is 5.94. The fraction of sp³-hybridized carbons (Fsp3) is 0.357. The van der Waals surface area contributed by atoms with E-state index in [2.05, 4.69) is 5.32 Å². The minimum atomic E-state index is -1.31. The second-order valence-corrected chi connectivity index (χ2v) is 4.38. The van der Waals surface area contributed by atoms with Crippen molar-refractivity contribution < 1.29 is 24.2 Å². The van der Waals surface area contributed by atoms with Crippen LogP contribution in [0.5, 0.6) is 5.75 Å². The first-order valence-corrected chi connectivity index (χ1v) is 6.44. The van der Waals surface area contributed by atoms with Crippen LogP contribution in [0.1, 0.15) is 18.9 Å². The predicted molar refractivity (Wildman–Crippen MR) is 74.7 cm³/mol. The number of hydrogen-bond acceptors (Lipinski definition) is 4. The number of carboxylic acid groups (broad SMARTS) is 1. The summed E-state index contributed by atoms with van der Waals surface area (Å²) < 4.78 is 5.28. The molecule has 0 aromatic heterocycles. The molecule has 114 valence electrons. The smallest absolute Gasteiger partial charge is 0.326 e. The molecular weight excluding hydrogens is 276 g/mol. The van der Waals surface area contributed by atoms with Crippen molar-refractivity contribution in [2.75, 3.05) is 6.61 Å². The highest BCUT2D eigenvalue weighted by atomic mass is 16.5. The highest BCUT2D eigenvalue weighted by Gasteiger charge is 2.21. The van der Waals surface area contributed by atoms with Gasteiger partial charge >= 0.3 is 5.97 Å². The summed E-state index contributed by atoms with van der Waals surface area (Å²) in [6.07, 6.45) is -0.431. The van der Waals surface area contributed by atoms with E-state index < -0.39 is 30.2 Å². The molecule has 0 saturated carbocycles. The zero-order valence-corrected chi connectivity index (χ0v) is 11.7. The summed E-state index contributed by atoms with van der Waals surface area (Å²) in [6.45, 7) is 2.42. The zero-order valence-electron chi connectivity index (χ0n) is 11.7. The molecule has 1 rings (SSSR count). The topological polar surface area (TPSA) is 119 Å². The minimum absolute atomic E-state index is 0.00888. The predicted octanol–water partition coefficient (Wildman–Crippen LogP) is 0.0726. The number of hydrogen-bond donors (Lipinski definition) is 3. The molecule has 4 N–H and O–H groups in total. The number of carbonyl (C=O) groups is 3. The van der Waals surface area contributed by atoms with Crippen LogP contribution < -0.4 is 15.8 Å². The average Bonchev–Trinajstić information content (AvgIpc) is 2.40. The summed E-state index contributed by atoms with van der Waals surface area (Å²) in [5, 5.41) is 11.2. The molecule has 0 spiro atoms. The van der Waals surface area contributed by atoms with Crippen LogP contribution in [0.15, 0.2) is 24.3 Å². The second kappa shape index (κ2) is 7.88. The Hall–Kier alpha value is -2.57. The molecule has 0 aliphatic rings. The van der Waals surface area contributed by atoms with E-state index in [4.69, 9.17) is 15.6 Å². The van der Waals surface area contributed by atoms with Crippen molar-refractivity contribution in [3.05, 3.63) is 29.8 Å². The summed E-state index contributed by atoms with van der Waals surface area (Å²) in [7, 11) is 0. The van der Waals surface area contributed by atoms with Gasteiger partial charge < -0.3 is 20.9 Å². The molecule has 0 aliphatic heterocycles. The van der Waals surface area contributed by atoms with Crippen LogP contribution in [0, 0.1) is 0 Å². The van der Waals surface area contributed by atoms with E-state index in [1.165, 1.54) is 0 Å². The number of carbonyl (C=O) groups excluding carboxylic acids is 2. The normalized spacial score (nSPS) is 11.5. The largest absolute Gasteiger partial charge is 0.494 e. The summed E-state index contributed by atoms with van der Waals surface area (Å²) in [4.78, 5) is 33.4. The van der Waals surface area contributed by atoms with E-state index in [-0.39, 0.29) is 6.42 Å². The Labute approximate surface area is 122 Å². The zero-order chi connectivity index (χ0) is 15.8. The van der Waals surface area contributed by atoms with Gasteiger partial charge in [-0.05, 0) is 24.6 Å². The van der Waals surface area contributed by atoms with E-state index in [9.17, 15) is 14.4 Å². The van der Waals surface area contributed by atoms with Crippen LogP contribution in [0.25, 0.3) is 0 Å². The molecule has 7 nitrogen and oxygen atoms in total. The van der Waals surface area contributed by atoms with Crippen molar-refractivity contribution in [1.82, 2.24) is 5.32 Å². The Bertz CT molecular complexity index is 513. The number of carboxylic acids is 1. The fourth-order valence-electron chi connectivity index (χ4n) is 1.70. The van der Waals surface area contributed by atoms with Gasteiger partial charge in [0, 0.05) is 0 Å². The molecule has 1 atom stereocenters. The van der Waals surface area contributed by atoms with Crippen molar-refractivity contribution in [1.29, 1.82) is 0 Å². The molecule has 1 unspecified atom stereocenters. The third-order valence-electron chi connectivity index (χ3n) is 2.64. The minimum Gasteiger partial charge on any atom is -0.494 e. The molecule has 1 aromatic carbocycles. The maximum absolute atomic E-state index is 11.8. The number of ether oxygens (including phenoxy) is 1. The van der Waals surface area contributed by atoms with E-state index in [1.54, 1.807) is 24.3 Å². The number of rotatable bonds is 8. The van der Waals surface area contributed by atoms with Crippen LogP contribution in [0.4, 0.5) is 0 Å². The van der Waals surface area contributed by atoms with Crippen LogP contribution >= 0.6 is 0 Å². The quantitative estimate of drug-likeness (QED) is 0.627. The number of primary amides is 1. The van der Waals surface area contributed by atoms with Gasteiger partial charge in [-0.1, -0.05) is 12.1 Å². The maximum atomic E-state index is 11.8. The number of nitrogens with one attached hydrogen (secondary N) is 1. The first kappa shape index (κ1) is 16.5. The number of nitrogens with two attached hydrogens (primary N) is 1. The second-order valence-electron chi connectivity index (χ2n) is 4.38. The van der Waals surface area contributed by atoms with Gasteiger partial charge in [0.1, 0.15) is 11.8 Å². The molecule has 21 heavy (non-hydrogen) atoms. The number of benzene rings is 1. The van der Waals surface area contributed by atoms with Gasteiger partial charge in [0.15, 0.2) is 0 Å². The van der Waals surface area contributed by atoms with E-state index in [1.807, 2.05) is 6.92 Å². The van der Waals surface area contributed by atoms with Gasteiger partial charge in [-0.15, -0.1) is 0 Å². The molecule has 1 aromatic rings. The SMILES string of the molecule is CCOc1ccc(CC(=O)NC(CC(N)=O)C(=O)O)cc1. The van der Waals surface area contributed by atoms with Crippen LogP contribution in [-0.4, -0.2) is 35.5 Å². The first-order valence-electron chi connectivity index (χ1n) is 6.44. The molecule has 2 amide bonds. The van der Waals surface area contributed by atoms with Gasteiger partial charge in [-0.3, -0.25) is 9.59 Å². The number of amides is 2. The highest BCUT2D eigenvalue weighted by Crippen LogP contribution is 2.12. The van der Waals surface area contributed by atoms with Gasteiger partial charge in [0.25, 0.3) is 0 Å². The number of aliphatic carboxylic acids is 1. The molecule has 0 fully saturated rings. The van der Waals surface area contributed by atoms with Crippen molar-refractivity contribution in [3.63, 3.8) is 0 Å². The lowest BCUT2D eigenvalue weighted by atomic mass is 10.1. The summed E-state index contributed by atoms with van der Waals surface area (Å²) in [5.74, 6) is -1.88. The van der Waals surface area contributed by atoms with Crippen molar-refractivity contribution >= 4 is 17.8 Å². The summed E-state index contributed by atoms with van der Waals surface area (Å²) in [6, 6.07) is 5.58. The third-order valence-corrected chi connectivity index (χ3v) is 2.64. The van der Waals surface area contributed by atoms with E-state index in [0.29, 0.717) is 17.9 Å². The summed E-state index contributed by atoms with van der Waals surface area (Å²) in [5.41, 5.74) is 5.64. The van der Waals surface area contributed by atoms with Crippen molar-refractivity contribution in [2.24, 2.45) is 5.73 Å². The molecule has 0 saturated heterocycles. The summed E-state index contributed by atoms with van der Waals surface area (Å²) >= 11 is 0. The van der Waals surface area contributed by atoms with E-state index >= 15 is 0 Å². The molecule has 7 heteroatoms. The Morgan fingerprint density at radius 2 is 1.90 bits per heavy atom. The lowest BCUT2D eigenvalue weighted by Crippen LogP contribution is -2.43. The van der Waals surface area contributed by atoms with Gasteiger partial charge in [-0.2, -0.15) is 0 Å². The van der Waals surface area contributed by atoms with Crippen LogP contribution in [0.2, 0.25) is 0 Å². The van der Waals surface area contributed by atoms with Crippen molar-refractivity contribution in [3.8, 4) is 5.75 Å². The van der Waals surface area contributed by atoms with Crippen LogP contribution in [0.3, 0.4) is 0 Å². The Balaban J connectivity index is 2.59. The molecule has 0 radical (unpaired) electrons. The highest BCUT2D eigenvalue weighted by molar-refractivity contribution is 5.88. The maximum Gasteiger partial charge on any atom is 0.326 e. The Morgan fingerprint density at radius 1 is 1.29 bits per heavy atom. The molecule has 0 heterocycles. The van der Waals surface area contributed by atoms with Gasteiger partial charge in [0.2, 0.25) is 11.8 Å². The van der Waals surface area contributed by atoms with Crippen LogP contribution in [-0.2, 0) is 20.8 Å². The standard InChI is InChI=1S/C14H18N2O5/c1-2-21-10-5-3-9(4-6-10)7-13(18)16-11(14(19)20)8-12(15)17/h3-6,11H,2,7-8H2,1H3,(H2,15,17)(H,16,18)(H,19,20). The molecule has 0 bridgehead atoms. The Kier molecular flexibility index (Phi) is 6.19. The average molecular weight is 294 g/mol. The monoisotopic (exact) mass is 294 g/mol. The Morgan fingerprint density at radius 3 is 2.38 bits per heavy atom. The fourth-order valence-corrected chi connectivity index (χ4v) is 1.70. The van der Waals surface area contributed by atoms with E-state index in [0.717, 1.165) is 0 Å². The van der Waals surface area contributed by atoms with Gasteiger partial charge in [-0.25, -0.2) is 4.79 Å². The lowest BCUT2D eigenvalue weighted by molar-refractivity contribution is -0.143. The molecular formula is C14H18N2O5. The molecule has 0 aliphatic carbocycles.